The maximum absolute atomic E-state index is 11.9. The summed E-state index contributed by atoms with van der Waals surface area (Å²) >= 11 is 11.8. The number of carboxylic acids is 1. The first-order chi connectivity index (χ1) is 9.70. The van der Waals surface area contributed by atoms with E-state index in [-0.39, 0.29) is 21.0 Å². The van der Waals surface area contributed by atoms with Crippen LogP contribution in [0, 0.1) is 0 Å². The molecule has 0 saturated carbocycles. The molecule has 0 saturated heterocycles. The minimum Gasteiger partial charge on any atom is -0.478 e. The van der Waals surface area contributed by atoms with E-state index in [0.29, 0.717) is 10.6 Å². The summed E-state index contributed by atoms with van der Waals surface area (Å²) in [5, 5.41) is 9.64. The highest BCUT2D eigenvalue weighted by Gasteiger charge is 2.17. The Morgan fingerprint density at radius 1 is 1.05 bits per heavy atom. The molecule has 0 aliphatic rings. The fourth-order valence-electron chi connectivity index (χ4n) is 1.88. The van der Waals surface area contributed by atoms with E-state index in [1.807, 2.05) is 0 Å². The lowest BCUT2D eigenvalue weighted by Gasteiger charge is -2.10. The van der Waals surface area contributed by atoms with Crippen LogP contribution in [0.25, 0.3) is 11.1 Å². The molecule has 2 rings (SSSR count). The molecule has 110 valence electrons. The molecule has 7 heteroatoms. The number of hydrogen-bond acceptors (Lipinski definition) is 3. The standard InChI is InChI=1S/C14H10Cl2O4S/c1-21(19,20)13-5-3-9(14(17)18)6-10(13)8-2-4-11(15)12(16)7-8/h2-7H,1H3,(H,17,18). The molecule has 1 N–H and O–H groups in total. The Kier molecular flexibility index (Phi) is 4.27. The van der Waals surface area contributed by atoms with Gasteiger partial charge in [0.1, 0.15) is 0 Å². The van der Waals surface area contributed by atoms with Gasteiger partial charge >= 0.3 is 5.97 Å². The van der Waals surface area contributed by atoms with Crippen LogP contribution in [-0.4, -0.2) is 25.7 Å². The van der Waals surface area contributed by atoms with Crippen molar-refractivity contribution in [2.24, 2.45) is 0 Å². The van der Waals surface area contributed by atoms with Crippen molar-refractivity contribution < 1.29 is 18.3 Å². The highest BCUT2D eigenvalue weighted by Crippen LogP contribution is 2.33. The molecule has 0 bridgehead atoms. The number of carboxylic acid groups (broad SMARTS) is 1. The molecule has 2 aromatic carbocycles. The predicted octanol–water partition coefficient (Wildman–Crippen LogP) is 3.76. The fraction of sp³-hybridized carbons (Fsp3) is 0.0714. The van der Waals surface area contributed by atoms with Gasteiger partial charge in [0.05, 0.1) is 20.5 Å². The van der Waals surface area contributed by atoms with Gasteiger partial charge in [0.15, 0.2) is 9.84 Å². The van der Waals surface area contributed by atoms with Crippen molar-refractivity contribution in [1.29, 1.82) is 0 Å². The zero-order chi connectivity index (χ0) is 15.8. The van der Waals surface area contributed by atoms with Crippen molar-refractivity contribution in [2.45, 2.75) is 4.90 Å². The van der Waals surface area contributed by atoms with Gasteiger partial charge in [-0.1, -0.05) is 29.3 Å². The largest absolute Gasteiger partial charge is 0.478 e. The monoisotopic (exact) mass is 344 g/mol. The summed E-state index contributed by atoms with van der Waals surface area (Å²) in [6.45, 7) is 0. The molecular formula is C14H10Cl2O4S. The molecule has 0 aliphatic carbocycles. The topological polar surface area (TPSA) is 71.4 Å². The molecule has 0 fully saturated rings. The first-order valence-corrected chi connectivity index (χ1v) is 8.37. The quantitative estimate of drug-likeness (QED) is 0.919. The molecule has 0 radical (unpaired) electrons. The van der Waals surface area contributed by atoms with Gasteiger partial charge in [-0.2, -0.15) is 0 Å². The SMILES string of the molecule is CS(=O)(=O)c1ccc(C(=O)O)cc1-c1ccc(Cl)c(Cl)c1. The minimum absolute atomic E-state index is 0.0107. The zero-order valence-electron chi connectivity index (χ0n) is 10.8. The molecule has 21 heavy (non-hydrogen) atoms. The van der Waals surface area contributed by atoms with Crippen molar-refractivity contribution in [1.82, 2.24) is 0 Å². The molecule has 0 heterocycles. The van der Waals surface area contributed by atoms with E-state index >= 15 is 0 Å². The van der Waals surface area contributed by atoms with Gasteiger partial charge in [-0.15, -0.1) is 0 Å². The molecule has 0 unspecified atom stereocenters. The molecule has 4 nitrogen and oxygen atoms in total. The van der Waals surface area contributed by atoms with E-state index in [1.54, 1.807) is 6.07 Å². The Morgan fingerprint density at radius 3 is 2.24 bits per heavy atom. The van der Waals surface area contributed by atoms with Crippen molar-refractivity contribution in [2.75, 3.05) is 6.26 Å². The van der Waals surface area contributed by atoms with Crippen LogP contribution in [0.3, 0.4) is 0 Å². The van der Waals surface area contributed by atoms with Crippen LogP contribution in [0.2, 0.25) is 10.0 Å². The third kappa shape index (κ3) is 3.37. The highest BCUT2D eigenvalue weighted by molar-refractivity contribution is 7.90. The number of rotatable bonds is 3. The molecule has 0 atom stereocenters. The second-order valence-electron chi connectivity index (χ2n) is 4.42. The smallest absolute Gasteiger partial charge is 0.335 e. The van der Waals surface area contributed by atoms with E-state index in [1.165, 1.54) is 30.3 Å². The second kappa shape index (κ2) is 5.67. The first kappa shape index (κ1) is 15.8. The molecular weight excluding hydrogens is 335 g/mol. The van der Waals surface area contributed by atoms with Crippen LogP contribution in [0.4, 0.5) is 0 Å². The summed E-state index contributed by atoms with van der Waals surface area (Å²) in [4.78, 5) is 11.1. The van der Waals surface area contributed by atoms with Gasteiger partial charge in [0, 0.05) is 11.8 Å². The summed E-state index contributed by atoms with van der Waals surface area (Å²) in [5.74, 6) is -1.14. The van der Waals surface area contributed by atoms with Crippen molar-refractivity contribution >= 4 is 39.0 Å². The van der Waals surface area contributed by atoms with Crippen LogP contribution in [0.15, 0.2) is 41.3 Å². The van der Waals surface area contributed by atoms with Gasteiger partial charge in [-0.05, 0) is 35.9 Å². The zero-order valence-corrected chi connectivity index (χ0v) is 13.1. The second-order valence-corrected chi connectivity index (χ2v) is 7.22. The van der Waals surface area contributed by atoms with Crippen LogP contribution in [0.1, 0.15) is 10.4 Å². The van der Waals surface area contributed by atoms with Gasteiger partial charge in [0.25, 0.3) is 0 Å². The Morgan fingerprint density at radius 2 is 1.71 bits per heavy atom. The Hall–Kier alpha value is -1.56. The normalized spacial score (nSPS) is 11.4. The van der Waals surface area contributed by atoms with Gasteiger partial charge in [-0.3, -0.25) is 0 Å². The average Bonchev–Trinajstić information content (AvgIpc) is 2.40. The highest BCUT2D eigenvalue weighted by atomic mass is 35.5. The summed E-state index contributed by atoms with van der Waals surface area (Å²) in [6.07, 6.45) is 1.06. The summed E-state index contributed by atoms with van der Waals surface area (Å²) < 4.78 is 23.7. The average molecular weight is 345 g/mol. The predicted molar refractivity (Wildman–Crippen MR) is 82.0 cm³/mol. The summed E-state index contributed by atoms with van der Waals surface area (Å²) in [5.41, 5.74) is 0.743. The van der Waals surface area contributed by atoms with Gasteiger partial charge < -0.3 is 5.11 Å². The lowest BCUT2D eigenvalue weighted by atomic mass is 10.0. The Bertz CT molecular complexity index is 829. The van der Waals surface area contributed by atoms with Gasteiger partial charge in [-0.25, -0.2) is 13.2 Å². The maximum Gasteiger partial charge on any atom is 0.335 e. The lowest BCUT2D eigenvalue weighted by molar-refractivity contribution is 0.0697. The maximum atomic E-state index is 11.9. The van der Waals surface area contributed by atoms with E-state index in [2.05, 4.69) is 0 Å². The van der Waals surface area contributed by atoms with Gasteiger partial charge in [0.2, 0.25) is 0 Å². The van der Waals surface area contributed by atoms with E-state index in [9.17, 15) is 13.2 Å². The van der Waals surface area contributed by atoms with Crippen LogP contribution >= 0.6 is 23.2 Å². The third-order valence-corrected chi connectivity index (χ3v) is 4.75. The number of benzene rings is 2. The number of sulfone groups is 1. The Labute approximate surface area is 131 Å². The van der Waals surface area contributed by atoms with Crippen LogP contribution < -0.4 is 0 Å². The fourth-order valence-corrected chi connectivity index (χ4v) is 3.07. The molecule has 0 amide bonds. The molecule has 0 aromatic heterocycles. The molecule has 0 spiro atoms. The summed E-state index contributed by atoms with van der Waals surface area (Å²) in [7, 11) is -3.52. The van der Waals surface area contributed by atoms with Crippen molar-refractivity contribution in [3.63, 3.8) is 0 Å². The third-order valence-electron chi connectivity index (χ3n) is 2.86. The van der Waals surface area contributed by atoms with Crippen LogP contribution in [0.5, 0.6) is 0 Å². The Balaban J connectivity index is 2.77. The summed E-state index contributed by atoms with van der Waals surface area (Å²) in [6, 6.07) is 8.44. The van der Waals surface area contributed by atoms with E-state index < -0.39 is 15.8 Å². The van der Waals surface area contributed by atoms with Crippen molar-refractivity contribution in [3.8, 4) is 11.1 Å². The van der Waals surface area contributed by atoms with Crippen LogP contribution in [-0.2, 0) is 9.84 Å². The number of halogens is 2. The van der Waals surface area contributed by atoms with Crippen molar-refractivity contribution in [3.05, 3.63) is 52.0 Å². The lowest BCUT2D eigenvalue weighted by Crippen LogP contribution is -2.03. The van der Waals surface area contributed by atoms with E-state index in [4.69, 9.17) is 28.3 Å². The molecule has 0 aliphatic heterocycles. The molecule has 2 aromatic rings. The van der Waals surface area contributed by atoms with E-state index in [0.717, 1.165) is 6.26 Å². The number of aromatic carboxylic acids is 1. The minimum atomic E-state index is -3.52. The first-order valence-electron chi connectivity index (χ1n) is 5.73. The number of hydrogen-bond donors (Lipinski definition) is 1. The number of carbonyl (C=O) groups is 1.